The number of para-hydroxylation sites is 1. The zero-order chi connectivity index (χ0) is 18.0. The topological polar surface area (TPSA) is 62.0 Å². The summed E-state index contributed by atoms with van der Waals surface area (Å²) in [5, 5.41) is 3.88. The van der Waals surface area contributed by atoms with Crippen LogP contribution in [0.15, 0.2) is 47.3 Å². The van der Waals surface area contributed by atoms with Crippen LogP contribution in [-0.4, -0.2) is 10.9 Å². The molecule has 2 N–H and O–H groups in total. The van der Waals surface area contributed by atoms with E-state index in [1.165, 1.54) is 5.56 Å². The van der Waals surface area contributed by atoms with Gasteiger partial charge in [-0.05, 0) is 67.5 Å². The van der Waals surface area contributed by atoms with E-state index in [2.05, 4.69) is 10.3 Å². The molecule has 3 aromatic rings. The summed E-state index contributed by atoms with van der Waals surface area (Å²) in [5.41, 5.74) is 5.52. The maximum Gasteiger partial charge on any atom is 0.251 e. The lowest BCUT2D eigenvalue weighted by molar-refractivity contribution is -0.116. The number of rotatable bonds is 4. The minimum absolute atomic E-state index is 0.0907. The van der Waals surface area contributed by atoms with Gasteiger partial charge in [0.2, 0.25) is 5.91 Å². The molecule has 0 aliphatic heterocycles. The van der Waals surface area contributed by atoms with Gasteiger partial charge in [-0.25, -0.2) is 0 Å². The number of nitrogens with one attached hydrogen (secondary N) is 2. The van der Waals surface area contributed by atoms with Gasteiger partial charge in [0.25, 0.3) is 5.56 Å². The molecular formula is C21H22N2O2. The van der Waals surface area contributed by atoms with Gasteiger partial charge < -0.3 is 10.3 Å². The number of carbonyl (C=O) groups is 1. The van der Waals surface area contributed by atoms with Crippen molar-refractivity contribution in [3.63, 3.8) is 0 Å². The Morgan fingerprint density at radius 2 is 1.80 bits per heavy atom. The first-order valence-corrected chi connectivity index (χ1v) is 8.42. The SMILES string of the molecule is Cc1ccc(NC(=O)CCc2cc3cccc(C)c3[nH]c2=O)cc1C. The maximum absolute atomic E-state index is 12.3. The maximum atomic E-state index is 12.3. The normalized spacial score (nSPS) is 10.8. The van der Waals surface area contributed by atoms with Gasteiger partial charge in [-0.2, -0.15) is 0 Å². The van der Waals surface area contributed by atoms with Crippen LogP contribution >= 0.6 is 0 Å². The Bertz CT molecular complexity index is 1000. The van der Waals surface area contributed by atoms with E-state index in [0.717, 1.165) is 27.7 Å². The minimum Gasteiger partial charge on any atom is -0.326 e. The van der Waals surface area contributed by atoms with Gasteiger partial charge in [0.05, 0.1) is 5.52 Å². The molecule has 0 aliphatic carbocycles. The van der Waals surface area contributed by atoms with Gasteiger partial charge in [0, 0.05) is 17.7 Å². The molecule has 1 heterocycles. The van der Waals surface area contributed by atoms with Crippen LogP contribution in [0.1, 0.15) is 28.7 Å². The van der Waals surface area contributed by atoms with E-state index >= 15 is 0 Å². The number of amides is 1. The van der Waals surface area contributed by atoms with Crippen molar-refractivity contribution in [3.05, 3.63) is 75.1 Å². The Morgan fingerprint density at radius 3 is 2.56 bits per heavy atom. The number of aromatic nitrogens is 1. The summed E-state index contributed by atoms with van der Waals surface area (Å²) in [7, 11) is 0. The van der Waals surface area contributed by atoms with E-state index in [0.29, 0.717) is 12.0 Å². The van der Waals surface area contributed by atoms with Crippen LogP contribution < -0.4 is 10.9 Å². The van der Waals surface area contributed by atoms with E-state index in [1.807, 2.05) is 63.2 Å². The summed E-state index contributed by atoms with van der Waals surface area (Å²) in [6.45, 7) is 6.02. The third-order valence-electron chi connectivity index (χ3n) is 4.58. The molecule has 3 rings (SSSR count). The van der Waals surface area contributed by atoms with Gasteiger partial charge in [0.15, 0.2) is 0 Å². The highest BCUT2D eigenvalue weighted by atomic mass is 16.1. The number of fused-ring (bicyclic) bond motifs is 1. The molecule has 25 heavy (non-hydrogen) atoms. The second-order valence-electron chi connectivity index (χ2n) is 6.51. The molecule has 4 nitrogen and oxygen atoms in total. The van der Waals surface area contributed by atoms with Crippen molar-refractivity contribution in [1.29, 1.82) is 0 Å². The Hall–Kier alpha value is -2.88. The van der Waals surface area contributed by atoms with Crippen LogP contribution in [0.3, 0.4) is 0 Å². The van der Waals surface area contributed by atoms with E-state index in [-0.39, 0.29) is 17.9 Å². The van der Waals surface area contributed by atoms with Crippen molar-refractivity contribution in [2.75, 3.05) is 5.32 Å². The van der Waals surface area contributed by atoms with E-state index in [9.17, 15) is 9.59 Å². The molecule has 0 fully saturated rings. The number of hydrogen-bond donors (Lipinski definition) is 2. The Balaban J connectivity index is 1.71. The van der Waals surface area contributed by atoms with Crippen molar-refractivity contribution < 1.29 is 4.79 Å². The lowest BCUT2D eigenvalue weighted by atomic mass is 10.1. The number of aryl methyl sites for hydroxylation is 4. The van der Waals surface area contributed by atoms with E-state index in [1.54, 1.807) is 0 Å². The summed E-state index contributed by atoms with van der Waals surface area (Å²) in [4.78, 5) is 27.4. The molecule has 1 aromatic heterocycles. The summed E-state index contributed by atoms with van der Waals surface area (Å²) >= 11 is 0. The number of aromatic amines is 1. The van der Waals surface area contributed by atoms with Crippen LogP contribution in [0.4, 0.5) is 5.69 Å². The smallest absolute Gasteiger partial charge is 0.251 e. The molecule has 128 valence electrons. The second-order valence-corrected chi connectivity index (χ2v) is 6.51. The number of pyridine rings is 1. The van der Waals surface area contributed by atoms with Gasteiger partial charge in [0.1, 0.15) is 0 Å². The highest BCUT2D eigenvalue weighted by Crippen LogP contribution is 2.17. The number of carbonyl (C=O) groups excluding carboxylic acids is 1. The predicted octanol–water partition coefficient (Wildman–Crippen LogP) is 4.02. The van der Waals surface area contributed by atoms with Gasteiger partial charge in [-0.1, -0.05) is 24.3 Å². The zero-order valence-electron chi connectivity index (χ0n) is 14.8. The molecule has 0 saturated heterocycles. The fraction of sp³-hybridized carbons (Fsp3) is 0.238. The molecule has 0 aliphatic rings. The van der Waals surface area contributed by atoms with Gasteiger partial charge >= 0.3 is 0 Å². The molecule has 4 heteroatoms. The Morgan fingerprint density at radius 1 is 1.00 bits per heavy atom. The van der Waals surface area contributed by atoms with Crippen molar-refractivity contribution >= 4 is 22.5 Å². The number of H-pyrrole nitrogens is 1. The highest BCUT2D eigenvalue weighted by Gasteiger charge is 2.08. The summed E-state index contributed by atoms with van der Waals surface area (Å²) in [6.07, 6.45) is 0.684. The largest absolute Gasteiger partial charge is 0.326 e. The number of benzene rings is 2. The van der Waals surface area contributed by atoms with Crippen molar-refractivity contribution in [2.45, 2.75) is 33.6 Å². The Kier molecular flexibility index (Phi) is 4.70. The standard InChI is InChI=1S/C21H22N2O2/c1-13-7-9-18(11-15(13)3)22-19(24)10-8-17-12-16-6-4-5-14(2)20(16)23-21(17)25/h4-7,9,11-12H,8,10H2,1-3H3,(H,22,24)(H,23,25). The van der Waals surface area contributed by atoms with Crippen LogP contribution in [0.2, 0.25) is 0 Å². The molecule has 2 aromatic carbocycles. The first kappa shape index (κ1) is 17.0. The van der Waals surface area contributed by atoms with E-state index in [4.69, 9.17) is 0 Å². The molecule has 1 amide bonds. The van der Waals surface area contributed by atoms with Gasteiger partial charge in [-0.15, -0.1) is 0 Å². The summed E-state index contributed by atoms with van der Waals surface area (Å²) in [5.74, 6) is -0.0907. The van der Waals surface area contributed by atoms with Crippen LogP contribution in [0.25, 0.3) is 10.9 Å². The first-order chi connectivity index (χ1) is 11.9. The third-order valence-corrected chi connectivity index (χ3v) is 4.58. The van der Waals surface area contributed by atoms with Crippen molar-refractivity contribution in [1.82, 2.24) is 4.98 Å². The number of hydrogen-bond acceptors (Lipinski definition) is 2. The zero-order valence-corrected chi connectivity index (χ0v) is 14.8. The molecule has 0 bridgehead atoms. The van der Waals surface area contributed by atoms with E-state index < -0.39 is 0 Å². The van der Waals surface area contributed by atoms with Gasteiger partial charge in [-0.3, -0.25) is 9.59 Å². The summed E-state index contributed by atoms with van der Waals surface area (Å²) < 4.78 is 0. The molecule has 0 saturated carbocycles. The molecule has 0 spiro atoms. The lowest BCUT2D eigenvalue weighted by Gasteiger charge is -2.08. The van der Waals surface area contributed by atoms with Crippen molar-refractivity contribution in [3.8, 4) is 0 Å². The molecule has 0 unspecified atom stereocenters. The molecule has 0 radical (unpaired) electrons. The lowest BCUT2D eigenvalue weighted by Crippen LogP contribution is -2.17. The molecular weight excluding hydrogens is 312 g/mol. The number of anilines is 1. The van der Waals surface area contributed by atoms with Crippen LogP contribution in [-0.2, 0) is 11.2 Å². The summed E-state index contributed by atoms with van der Waals surface area (Å²) in [6, 6.07) is 13.6. The third kappa shape index (κ3) is 3.79. The fourth-order valence-corrected chi connectivity index (χ4v) is 2.91. The molecule has 0 atom stereocenters. The highest BCUT2D eigenvalue weighted by molar-refractivity contribution is 5.91. The minimum atomic E-state index is -0.124. The van der Waals surface area contributed by atoms with Crippen molar-refractivity contribution in [2.24, 2.45) is 0 Å². The first-order valence-electron chi connectivity index (χ1n) is 8.42. The fourth-order valence-electron chi connectivity index (χ4n) is 2.91. The van der Waals surface area contributed by atoms with Crippen LogP contribution in [0, 0.1) is 20.8 Å². The Labute approximate surface area is 146 Å². The average molecular weight is 334 g/mol. The predicted molar refractivity (Wildman–Crippen MR) is 102 cm³/mol. The quantitative estimate of drug-likeness (QED) is 0.757. The second kappa shape index (κ2) is 6.93. The monoisotopic (exact) mass is 334 g/mol. The average Bonchev–Trinajstić information content (AvgIpc) is 2.57. The van der Waals surface area contributed by atoms with Crippen LogP contribution in [0.5, 0.6) is 0 Å².